The average Bonchev–Trinajstić information content (AvgIpc) is 3.28. The summed E-state index contributed by atoms with van der Waals surface area (Å²) in [4.78, 5) is 28.0. The second-order valence-corrected chi connectivity index (χ2v) is 10.5. The van der Waals surface area contributed by atoms with E-state index >= 15 is 0 Å². The van der Waals surface area contributed by atoms with E-state index in [-0.39, 0.29) is 23.9 Å². The summed E-state index contributed by atoms with van der Waals surface area (Å²) >= 11 is 0. The van der Waals surface area contributed by atoms with Crippen LogP contribution in [-0.4, -0.2) is 39.7 Å². The van der Waals surface area contributed by atoms with Gasteiger partial charge in [0.25, 0.3) is 0 Å². The molecule has 0 fully saturated rings. The first-order valence-electron chi connectivity index (χ1n) is 13.2. The number of amides is 3. The number of hydrogen-bond donors (Lipinski definition) is 2. The number of nitrogens with zero attached hydrogens (tertiary/aromatic N) is 3. The number of anilines is 2. The van der Waals surface area contributed by atoms with Crippen LogP contribution in [0, 0.1) is 6.92 Å². The van der Waals surface area contributed by atoms with Gasteiger partial charge < -0.3 is 15.5 Å². The minimum atomic E-state index is -0.276. The number of nitrogens with one attached hydrogen (secondary N) is 2. The van der Waals surface area contributed by atoms with Gasteiger partial charge in [-0.3, -0.25) is 4.79 Å². The van der Waals surface area contributed by atoms with E-state index in [0.29, 0.717) is 12.4 Å². The number of rotatable bonds is 10. The van der Waals surface area contributed by atoms with Gasteiger partial charge in [-0.2, -0.15) is 5.10 Å². The highest BCUT2D eigenvalue weighted by atomic mass is 16.2. The lowest BCUT2D eigenvalue weighted by Gasteiger charge is -2.23. The largest absolute Gasteiger partial charge is 0.322 e. The lowest BCUT2D eigenvalue weighted by atomic mass is 9.92. The summed E-state index contributed by atoms with van der Waals surface area (Å²) in [5, 5.41) is 10.8. The third-order valence-electron chi connectivity index (χ3n) is 6.33. The van der Waals surface area contributed by atoms with Crippen molar-refractivity contribution in [2.45, 2.75) is 72.6 Å². The molecule has 3 aromatic rings. The molecular formula is C30H41N5O2. The van der Waals surface area contributed by atoms with Crippen molar-refractivity contribution in [1.29, 1.82) is 0 Å². The van der Waals surface area contributed by atoms with E-state index in [1.54, 1.807) is 9.58 Å². The summed E-state index contributed by atoms with van der Waals surface area (Å²) in [6, 6.07) is 17.4. The first-order chi connectivity index (χ1) is 17.6. The molecule has 2 N–H and O–H groups in total. The highest BCUT2D eigenvalue weighted by Crippen LogP contribution is 2.27. The number of unbranched alkanes of at least 4 members (excludes halogenated alkanes) is 2. The second-order valence-electron chi connectivity index (χ2n) is 10.5. The number of urea groups is 1. The molecule has 0 unspecified atom stereocenters. The van der Waals surface area contributed by atoms with Crippen LogP contribution in [0.15, 0.2) is 54.6 Å². The van der Waals surface area contributed by atoms with Crippen molar-refractivity contribution in [3.63, 3.8) is 0 Å². The normalized spacial score (nSPS) is 11.3. The van der Waals surface area contributed by atoms with Crippen LogP contribution in [0.4, 0.5) is 16.3 Å². The Labute approximate surface area is 221 Å². The molecule has 3 amide bonds. The molecule has 0 atom stereocenters. The molecule has 0 aliphatic heterocycles. The van der Waals surface area contributed by atoms with E-state index < -0.39 is 0 Å². The molecule has 2 aromatic carbocycles. The maximum Gasteiger partial charge on any atom is 0.322 e. The van der Waals surface area contributed by atoms with E-state index in [0.717, 1.165) is 53.9 Å². The summed E-state index contributed by atoms with van der Waals surface area (Å²) in [5.74, 6) is 0.331. The smallest absolute Gasteiger partial charge is 0.315 e. The zero-order valence-electron chi connectivity index (χ0n) is 23.1. The Morgan fingerprint density at radius 2 is 1.73 bits per heavy atom. The number of carbonyl (C=O) groups is 2. The van der Waals surface area contributed by atoms with Gasteiger partial charge in [0, 0.05) is 23.7 Å². The van der Waals surface area contributed by atoms with Gasteiger partial charge in [-0.05, 0) is 49.1 Å². The Balaban J connectivity index is 1.81. The van der Waals surface area contributed by atoms with Crippen molar-refractivity contribution < 1.29 is 9.59 Å². The van der Waals surface area contributed by atoms with E-state index in [9.17, 15) is 9.59 Å². The van der Waals surface area contributed by atoms with Crippen molar-refractivity contribution in [3.8, 4) is 5.69 Å². The van der Waals surface area contributed by atoms with Gasteiger partial charge in [-0.15, -0.1) is 0 Å². The molecule has 0 spiro atoms. The molecule has 1 heterocycles. The Kier molecular flexibility index (Phi) is 9.50. The fourth-order valence-corrected chi connectivity index (χ4v) is 4.05. The van der Waals surface area contributed by atoms with E-state index in [1.165, 1.54) is 0 Å². The molecule has 0 saturated heterocycles. The predicted molar refractivity (Wildman–Crippen MR) is 152 cm³/mol. The third-order valence-corrected chi connectivity index (χ3v) is 6.33. The number of benzene rings is 2. The van der Waals surface area contributed by atoms with Gasteiger partial charge in [-0.1, -0.05) is 77.8 Å². The fraction of sp³-hybridized carbons (Fsp3) is 0.433. The molecule has 7 nitrogen and oxygen atoms in total. The number of aromatic nitrogens is 2. The van der Waals surface area contributed by atoms with Crippen LogP contribution in [0.25, 0.3) is 5.69 Å². The summed E-state index contributed by atoms with van der Waals surface area (Å²) < 4.78 is 1.78. The van der Waals surface area contributed by atoms with Gasteiger partial charge >= 0.3 is 6.03 Å². The predicted octanol–water partition coefficient (Wildman–Crippen LogP) is 6.70. The van der Waals surface area contributed by atoms with Crippen LogP contribution in [-0.2, 0) is 16.6 Å². The third kappa shape index (κ3) is 7.68. The summed E-state index contributed by atoms with van der Waals surface area (Å²) in [6.45, 7) is 13.0. The number of aryl methyl sites for hydroxylation is 2. The molecule has 0 saturated carbocycles. The lowest BCUT2D eigenvalue weighted by Crippen LogP contribution is -2.41. The van der Waals surface area contributed by atoms with Crippen LogP contribution in [0.2, 0.25) is 0 Å². The Bertz CT molecular complexity index is 1210. The van der Waals surface area contributed by atoms with Crippen LogP contribution < -0.4 is 10.6 Å². The van der Waals surface area contributed by atoms with Gasteiger partial charge in [0.15, 0.2) is 0 Å². The van der Waals surface area contributed by atoms with E-state index in [4.69, 9.17) is 5.10 Å². The van der Waals surface area contributed by atoms with Crippen molar-refractivity contribution in [2.24, 2.45) is 0 Å². The Hall–Kier alpha value is -3.61. The number of hydrogen-bond acceptors (Lipinski definition) is 3. The Morgan fingerprint density at radius 1 is 0.973 bits per heavy atom. The molecule has 7 heteroatoms. The maximum absolute atomic E-state index is 13.3. The Morgan fingerprint density at radius 3 is 2.41 bits per heavy atom. The monoisotopic (exact) mass is 503 g/mol. The van der Waals surface area contributed by atoms with Crippen LogP contribution in [0.5, 0.6) is 0 Å². The highest BCUT2D eigenvalue weighted by Gasteiger charge is 2.23. The van der Waals surface area contributed by atoms with Crippen molar-refractivity contribution >= 4 is 23.4 Å². The fourth-order valence-electron chi connectivity index (χ4n) is 4.05. The molecule has 3 rings (SSSR count). The first-order valence-corrected chi connectivity index (χ1v) is 13.2. The van der Waals surface area contributed by atoms with Gasteiger partial charge in [-0.25, -0.2) is 9.48 Å². The zero-order chi connectivity index (χ0) is 27.0. The molecular weight excluding hydrogens is 462 g/mol. The van der Waals surface area contributed by atoms with E-state index in [2.05, 4.69) is 45.3 Å². The van der Waals surface area contributed by atoms with Crippen molar-refractivity contribution in [3.05, 3.63) is 71.4 Å². The molecule has 0 radical (unpaired) electrons. The summed E-state index contributed by atoms with van der Waals surface area (Å²) in [5.41, 5.74) is 4.52. The molecule has 198 valence electrons. The molecule has 37 heavy (non-hydrogen) atoms. The van der Waals surface area contributed by atoms with E-state index in [1.807, 2.05) is 61.5 Å². The first kappa shape index (κ1) is 28.0. The van der Waals surface area contributed by atoms with Crippen molar-refractivity contribution in [1.82, 2.24) is 14.7 Å². The molecule has 0 aliphatic rings. The molecule has 0 aliphatic carbocycles. The SMILES string of the molecule is CCCCCN(CC(=O)Nc1cc(C(C)(C)C)nn1-c1ccccc1C)C(=O)Nc1cccc(CC)c1. The molecule has 0 bridgehead atoms. The number of para-hydroxylation sites is 1. The lowest BCUT2D eigenvalue weighted by molar-refractivity contribution is -0.116. The van der Waals surface area contributed by atoms with Gasteiger partial charge in [0.2, 0.25) is 5.91 Å². The van der Waals surface area contributed by atoms with Crippen LogP contribution in [0.3, 0.4) is 0 Å². The minimum Gasteiger partial charge on any atom is -0.315 e. The van der Waals surface area contributed by atoms with Crippen LogP contribution in [0.1, 0.15) is 70.7 Å². The van der Waals surface area contributed by atoms with Crippen LogP contribution >= 0.6 is 0 Å². The minimum absolute atomic E-state index is 0.0488. The average molecular weight is 504 g/mol. The van der Waals surface area contributed by atoms with Gasteiger partial charge in [0.1, 0.15) is 12.4 Å². The number of carbonyl (C=O) groups excluding carboxylic acids is 2. The topological polar surface area (TPSA) is 79.3 Å². The van der Waals surface area contributed by atoms with Crippen molar-refractivity contribution in [2.75, 3.05) is 23.7 Å². The maximum atomic E-state index is 13.3. The second kappa shape index (κ2) is 12.6. The summed E-state index contributed by atoms with van der Waals surface area (Å²) in [6.07, 6.45) is 3.75. The quantitative estimate of drug-likeness (QED) is 0.302. The summed E-state index contributed by atoms with van der Waals surface area (Å²) in [7, 11) is 0. The molecule has 1 aromatic heterocycles. The standard InChI is InChI=1S/C30H41N5O2/c1-7-9-12-18-34(29(37)31-24-16-13-15-23(8-2)19-24)21-28(36)32-27-20-26(30(4,5)6)33-35(27)25-17-11-10-14-22(25)3/h10-11,13-17,19-20H,7-9,12,18,21H2,1-6H3,(H,31,37)(H,32,36). The highest BCUT2D eigenvalue weighted by molar-refractivity contribution is 5.96. The zero-order valence-corrected chi connectivity index (χ0v) is 23.1. The van der Waals surface area contributed by atoms with Gasteiger partial charge in [0.05, 0.1) is 11.4 Å².